The van der Waals surface area contributed by atoms with Crippen LogP contribution >= 0.6 is 0 Å². The predicted octanol–water partition coefficient (Wildman–Crippen LogP) is 2.80. The second-order valence-electron chi connectivity index (χ2n) is 2.87. The molecule has 0 spiro atoms. The van der Waals surface area contributed by atoms with Crippen molar-refractivity contribution in [2.75, 3.05) is 6.61 Å². The summed E-state index contributed by atoms with van der Waals surface area (Å²) in [5.74, 6) is -6.32. The van der Waals surface area contributed by atoms with E-state index < -0.39 is 34.7 Å². The highest BCUT2D eigenvalue weighted by Gasteiger charge is 2.24. The van der Waals surface area contributed by atoms with Crippen LogP contribution in [0.4, 0.5) is 13.2 Å². The highest BCUT2D eigenvalue weighted by molar-refractivity contribution is 5.90. The van der Waals surface area contributed by atoms with Crippen LogP contribution in [0.1, 0.15) is 17.3 Å². The summed E-state index contributed by atoms with van der Waals surface area (Å²) in [5, 5.41) is 0. The van der Waals surface area contributed by atoms with Crippen molar-refractivity contribution < 1.29 is 27.4 Å². The number of benzene rings is 1. The Morgan fingerprint density at radius 1 is 1.41 bits per heavy atom. The number of esters is 1. The Bertz CT molecular complexity index is 458. The molecule has 0 heterocycles. The predicted molar refractivity (Wildman–Crippen MR) is 53.1 cm³/mol. The molecule has 6 heteroatoms. The SMILES string of the molecule is C=COC(=O)c1cc(F)c(F)c(OCC)c1F. The zero-order chi connectivity index (χ0) is 13.0. The lowest BCUT2D eigenvalue weighted by Gasteiger charge is -2.09. The third-order valence-electron chi connectivity index (χ3n) is 1.81. The molecule has 17 heavy (non-hydrogen) atoms. The maximum Gasteiger partial charge on any atom is 0.346 e. The van der Waals surface area contributed by atoms with Gasteiger partial charge in [0.15, 0.2) is 17.4 Å². The maximum absolute atomic E-state index is 13.6. The molecule has 0 N–H and O–H groups in total. The lowest BCUT2D eigenvalue weighted by Crippen LogP contribution is -2.09. The highest BCUT2D eigenvalue weighted by atomic mass is 19.2. The highest BCUT2D eigenvalue weighted by Crippen LogP contribution is 2.27. The van der Waals surface area contributed by atoms with E-state index in [4.69, 9.17) is 0 Å². The zero-order valence-electron chi connectivity index (χ0n) is 8.93. The average molecular weight is 246 g/mol. The fourth-order valence-electron chi connectivity index (χ4n) is 1.14. The van der Waals surface area contributed by atoms with Gasteiger partial charge in [-0.3, -0.25) is 0 Å². The molecule has 0 atom stereocenters. The summed E-state index contributed by atoms with van der Waals surface area (Å²) in [6.45, 7) is 4.48. The maximum atomic E-state index is 13.6. The fraction of sp³-hybridized carbons (Fsp3) is 0.182. The van der Waals surface area contributed by atoms with Crippen molar-refractivity contribution in [1.82, 2.24) is 0 Å². The minimum Gasteiger partial charge on any atom is -0.488 e. The van der Waals surface area contributed by atoms with Gasteiger partial charge in [-0.05, 0) is 13.0 Å². The molecule has 1 aromatic rings. The smallest absolute Gasteiger partial charge is 0.346 e. The summed E-state index contributed by atoms with van der Waals surface area (Å²) >= 11 is 0. The number of hydrogen-bond donors (Lipinski definition) is 0. The Hall–Kier alpha value is -1.98. The van der Waals surface area contributed by atoms with Gasteiger partial charge in [-0.1, -0.05) is 6.58 Å². The van der Waals surface area contributed by atoms with Crippen LogP contribution in [0, 0.1) is 17.5 Å². The summed E-state index contributed by atoms with van der Waals surface area (Å²) in [6.07, 6.45) is 0.753. The van der Waals surface area contributed by atoms with Crippen LogP contribution in [-0.4, -0.2) is 12.6 Å². The number of rotatable bonds is 4. The van der Waals surface area contributed by atoms with Crippen molar-refractivity contribution in [3.8, 4) is 5.75 Å². The number of carbonyl (C=O) groups excluding carboxylic acids is 1. The van der Waals surface area contributed by atoms with Crippen molar-refractivity contribution >= 4 is 5.97 Å². The van der Waals surface area contributed by atoms with Gasteiger partial charge >= 0.3 is 5.97 Å². The first kappa shape index (κ1) is 13.1. The Balaban J connectivity index is 3.33. The molecule has 0 fully saturated rings. The van der Waals surface area contributed by atoms with Crippen molar-refractivity contribution in [3.63, 3.8) is 0 Å². The molecule has 0 radical (unpaired) electrons. The molecule has 0 aliphatic carbocycles. The lowest BCUT2D eigenvalue weighted by atomic mass is 10.2. The molecule has 0 aliphatic heterocycles. The molecule has 0 bridgehead atoms. The summed E-state index contributed by atoms with van der Waals surface area (Å²) in [7, 11) is 0. The van der Waals surface area contributed by atoms with Crippen LogP contribution in [-0.2, 0) is 4.74 Å². The minimum atomic E-state index is -1.49. The summed E-state index contributed by atoms with van der Waals surface area (Å²) in [4.78, 5) is 11.2. The van der Waals surface area contributed by atoms with Crippen molar-refractivity contribution in [3.05, 3.63) is 41.9 Å². The van der Waals surface area contributed by atoms with Gasteiger partial charge in [0.2, 0.25) is 5.82 Å². The van der Waals surface area contributed by atoms with Crippen molar-refractivity contribution in [2.45, 2.75) is 6.92 Å². The summed E-state index contributed by atoms with van der Waals surface area (Å²) < 4.78 is 48.7. The molecule has 0 amide bonds. The van der Waals surface area contributed by atoms with Gasteiger partial charge in [-0.15, -0.1) is 0 Å². The third-order valence-corrected chi connectivity index (χ3v) is 1.81. The van der Waals surface area contributed by atoms with Gasteiger partial charge < -0.3 is 9.47 Å². The molecule has 0 aliphatic rings. The van der Waals surface area contributed by atoms with Gasteiger partial charge in [0.05, 0.1) is 12.9 Å². The van der Waals surface area contributed by atoms with E-state index in [-0.39, 0.29) is 6.61 Å². The Kier molecular flexibility index (Phi) is 4.14. The largest absolute Gasteiger partial charge is 0.488 e. The fourth-order valence-corrected chi connectivity index (χ4v) is 1.14. The number of ether oxygens (including phenoxy) is 2. The van der Waals surface area contributed by atoms with E-state index in [1.165, 1.54) is 6.92 Å². The van der Waals surface area contributed by atoms with Crippen LogP contribution < -0.4 is 4.74 Å². The van der Waals surface area contributed by atoms with Crippen molar-refractivity contribution in [1.29, 1.82) is 0 Å². The second-order valence-corrected chi connectivity index (χ2v) is 2.87. The minimum absolute atomic E-state index is 0.0762. The Labute approximate surface area is 95.5 Å². The molecule has 0 aromatic heterocycles. The zero-order valence-corrected chi connectivity index (χ0v) is 8.93. The first-order valence-electron chi connectivity index (χ1n) is 4.65. The quantitative estimate of drug-likeness (QED) is 0.465. The van der Waals surface area contributed by atoms with Gasteiger partial charge in [0.25, 0.3) is 0 Å². The topological polar surface area (TPSA) is 35.5 Å². The Morgan fingerprint density at radius 3 is 2.59 bits per heavy atom. The van der Waals surface area contributed by atoms with E-state index >= 15 is 0 Å². The Morgan fingerprint density at radius 2 is 2.06 bits per heavy atom. The van der Waals surface area contributed by atoms with Crippen LogP contribution in [0.15, 0.2) is 18.9 Å². The van der Waals surface area contributed by atoms with E-state index in [1.54, 1.807) is 0 Å². The molecule has 1 rings (SSSR count). The molecular weight excluding hydrogens is 237 g/mol. The van der Waals surface area contributed by atoms with Gasteiger partial charge in [0.1, 0.15) is 5.56 Å². The normalized spacial score (nSPS) is 9.88. The van der Waals surface area contributed by atoms with Crippen LogP contribution in [0.25, 0.3) is 0 Å². The molecule has 0 saturated heterocycles. The third kappa shape index (κ3) is 2.58. The van der Waals surface area contributed by atoms with E-state index in [2.05, 4.69) is 16.1 Å². The van der Waals surface area contributed by atoms with E-state index in [9.17, 15) is 18.0 Å². The van der Waals surface area contributed by atoms with Gasteiger partial charge in [-0.2, -0.15) is 4.39 Å². The van der Waals surface area contributed by atoms with Crippen LogP contribution in [0.3, 0.4) is 0 Å². The van der Waals surface area contributed by atoms with Gasteiger partial charge in [-0.25, -0.2) is 13.6 Å². The second kappa shape index (κ2) is 5.38. The van der Waals surface area contributed by atoms with Crippen LogP contribution in [0.2, 0.25) is 0 Å². The molecule has 0 unspecified atom stereocenters. The summed E-state index contributed by atoms with van der Waals surface area (Å²) in [6, 6.07) is 0.402. The molecule has 1 aromatic carbocycles. The van der Waals surface area contributed by atoms with E-state index in [0.29, 0.717) is 6.07 Å². The molecule has 0 saturated carbocycles. The van der Waals surface area contributed by atoms with Crippen molar-refractivity contribution in [2.24, 2.45) is 0 Å². The monoisotopic (exact) mass is 246 g/mol. The lowest BCUT2D eigenvalue weighted by molar-refractivity contribution is 0.0657. The van der Waals surface area contributed by atoms with Crippen LogP contribution in [0.5, 0.6) is 5.75 Å². The average Bonchev–Trinajstić information content (AvgIpc) is 2.29. The van der Waals surface area contributed by atoms with Gasteiger partial charge in [0, 0.05) is 0 Å². The standard InChI is InChI=1S/C11H9F3O3/c1-3-16-10-8(13)6(11(15)17-4-2)5-7(12)9(10)14/h4-5H,2-3H2,1H3. The number of halogens is 3. The van der Waals surface area contributed by atoms with E-state index in [1.807, 2.05) is 0 Å². The first-order valence-corrected chi connectivity index (χ1v) is 4.65. The molecule has 3 nitrogen and oxygen atoms in total. The molecular formula is C11H9F3O3. The summed E-state index contributed by atoms with van der Waals surface area (Å²) in [5.41, 5.74) is -0.757. The first-order chi connectivity index (χ1) is 8.02. The molecule has 92 valence electrons. The van der Waals surface area contributed by atoms with E-state index in [0.717, 1.165) is 6.26 Å². The number of carbonyl (C=O) groups is 1. The number of hydrogen-bond acceptors (Lipinski definition) is 3.